The van der Waals surface area contributed by atoms with Crippen LogP contribution in [0.1, 0.15) is 45.0 Å². The van der Waals surface area contributed by atoms with E-state index in [-0.39, 0.29) is 11.3 Å². The van der Waals surface area contributed by atoms with Crippen LogP contribution in [0.5, 0.6) is 0 Å². The Kier molecular flexibility index (Phi) is 3.31. The number of hydrogen-bond donors (Lipinski definition) is 0. The van der Waals surface area contributed by atoms with Gasteiger partial charge in [0.2, 0.25) is 0 Å². The van der Waals surface area contributed by atoms with Crippen LogP contribution in [-0.2, 0) is 6.18 Å². The van der Waals surface area contributed by atoms with Gasteiger partial charge in [0.05, 0.1) is 0 Å². The predicted octanol–water partition coefficient (Wildman–Crippen LogP) is 4.25. The average Bonchev–Trinajstić information content (AvgIpc) is 2.14. The summed E-state index contributed by atoms with van der Waals surface area (Å²) in [5.74, 6) is -0.0187. The molecule has 1 nitrogen and oxygen atoms in total. The van der Waals surface area contributed by atoms with E-state index in [2.05, 4.69) is 4.98 Å². The number of pyridine rings is 1. The Hall–Kier alpha value is -1.06. The second-order valence-corrected chi connectivity index (χ2v) is 5.03. The standard InChI is InChI=1S/C12H16F3N/c1-8(11(2,3)4)9-6-5-7-10(16-9)12(13,14)15/h5-8H,1-4H3. The van der Waals surface area contributed by atoms with Crippen LogP contribution in [0.2, 0.25) is 0 Å². The molecule has 4 heteroatoms. The molecule has 0 aromatic carbocycles. The normalized spacial score (nSPS) is 14.9. The molecule has 0 saturated carbocycles. The zero-order valence-corrected chi connectivity index (χ0v) is 9.89. The fourth-order valence-electron chi connectivity index (χ4n) is 1.29. The molecule has 0 radical (unpaired) electrons. The summed E-state index contributed by atoms with van der Waals surface area (Å²) in [6.07, 6.45) is -4.37. The zero-order chi connectivity index (χ0) is 12.6. The van der Waals surface area contributed by atoms with Crippen molar-refractivity contribution >= 4 is 0 Å². The summed E-state index contributed by atoms with van der Waals surface area (Å²) in [6, 6.07) is 4.05. The van der Waals surface area contributed by atoms with Crippen molar-refractivity contribution in [3.8, 4) is 0 Å². The van der Waals surface area contributed by atoms with E-state index >= 15 is 0 Å². The van der Waals surface area contributed by atoms with E-state index in [1.54, 1.807) is 6.07 Å². The van der Waals surface area contributed by atoms with Gasteiger partial charge in [-0.05, 0) is 17.5 Å². The molecule has 1 atom stereocenters. The van der Waals surface area contributed by atoms with Crippen molar-refractivity contribution in [3.05, 3.63) is 29.6 Å². The lowest BCUT2D eigenvalue weighted by molar-refractivity contribution is -0.141. The molecule has 1 aromatic heterocycles. The molecule has 1 aromatic rings. The third kappa shape index (κ3) is 2.97. The van der Waals surface area contributed by atoms with E-state index in [4.69, 9.17) is 0 Å². The van der Waals surface area contributed by atoms with Gasteiger partial charge in [-0.15, -0.1) is 0 Å². The summed E-state index contributed by atoms with van der Waals surface area (Å²) in [7, 11) is 0. The summed E-state index contributed by atoms with van der Waals surface area (Å²) in [4.78, 5) is 3.69. The summed E-state index contributed by atoms with van der Waals surface area (Å²) >= 11 is 0. The Labute approximate surface area is 93.7 Å². The number of alkyl halides is 3. The Morgan fingerprint density at radius 3 is 2.12 bits per heavy atom. The molecule has 0 aliphatic carbocycles. The van der Waals surface area contributed by atoms with Gasteiger partial charge in [-0.2, -0.15) is 13.2 Å². The Morgan fingerprint density at radius 1 is 1.12 bits per heavy atom. The quantitative estimate of drug-likeness (QED) is 0.704. The number of nitrogens with zero attached hydrogens (tertiary/aromatic N) is 1. The maximum atomic E-state index is 12.5. The first-order valence-corrected chi connectivity index (χ1v) is 5.16. The zero-order valence-electron chi connectivity index (χ0n) is 9.89. The minimum Gasteiger partial charge on any atom is -0.248 e. The predicted molar refractivity (Wildman–Crippen MR) is 57.1 cm³/mol. The monoisotopic (exact) mass is 231 g/mol. The van der Waals surface area contributed by atoms with Gasteiger partial charge in [0.1, 0.15) is 5.69 Å². The molecule has 0 amide bonds. The van der Waals surface area contributed by atoms with Gasteiger partial charge in [0.25, 0.3) is 0 Å². The van der Waals surface area contributed by atoms with Crippen LogP contribution in [0.4, 0.5) is 13.2 Å². The van der Waals surface area contributed by atoms with Crippen molar-refractivity contribution in [3.63, 3.8) is 0 Å². The van der Waals surface area contributed by atoms with Crippen LogP contribution in [0.25, 0.3) is 0 Å². The molecule has 16 heavy (non-hydrogen) atoms. The van der Waals surface area contributed by atoms with E-state index < -0.39 is 11.9 Å². The van der Waals surface area contributed by atoms with E-state index in [1.165, 1.54) is 6.07 Å². The highest BCUT2D eigenvalue weighted by Crippen LogP contribution is 2.35. The van der Waals surface area contributed by atoms with E-state index in [9.17, 15) is 13.2 Å². The number of hydrogen-bond acceptors (Lipinski definition) is 1. The van der Waals surface area contributed by atoms with Crippen molar-refractivity contribution in [2.75, 3.05) is 0 Å². The van der Waals surface area contributed by atoms with Crippen LogP contribution >= 0.6 is 0 Å². The molecule has 0 saturated heterocycles. The van der Waals surface area contributed by atoms with Crippen molar-refractivity contribution in [2.24, 2.45) is 5.41 Å². The molecule has 0 aliphatic rings. The van der Waals surface area contributed by atoms with Gasteiger partial charge < -0.3 is 0 Å². The summed E-state index contributed by atoms with van der Waals surface area (Å²) in [5, 5.41) is 0. The van der Waals surface area contributed by atoms with Gasteiger partial charge in [-0.3, -0.25) is 0 Å². The average molecular weight is 231 g/mol. The highest BCUT2D eigenvalue weighted by Gasteiger charge is 2.33. The molecular weight excluding hydrogens is 215 g/mol. The maximum Gasteiger partial charge on any atom is 0.433 e. The van der Waals surface area contributed by atoms with Gasteiger partial charge in [-0.25, -0.2) is 4.98 Å². The summed E-state index contributed by atoms with van der Waals surface area (Å²) < 4.78 is 37.4. The van der Waals surface area contributed by atoms with E-state index in [1.807, 2.05) is 27.7 Å². The SMILES string of the molecule is CC(c1cccc(C(F)(F)F)n1)C(C)(C)C. The first-order chi connectivity index (χ1) is 7.12. The number of halogens is 3. The Balaban J connectivity index is 3.09. The highest BCUT2D eigenvalue weighted by atomic mass is 19.4. The van der Waals surface area contributed by atoms with Gasteiger partial charge in [-0.1, -0.05) is 33.8 Å². The first kappa shape index (κ1) is 13.0. The van der Waals surface area contributed by atoms with E-state index in [0.717, 1.165) is 6.07 Å². The minimum atomic E-state index is -4.37. The fraction of sp³-hybridized carbons (Fsp3) is 0.583. The number of aromatic nitrogens is 1. The maximum absolute atomic E-state index is 12.5. The third-order valence-electron chi connectivity index (χ3n) is 2.80. The van der Waals surface area contributed by atoms with E-state index in [0.29, 0.717) is 5.69 Å². The third-order valence-corrected chi connectivity index (χ3v) is 2.80. The van der Waals surface area contributed by atoms with Crippen molar-refractivity contribution in [2.45, 2.75) is 39.8 Å². The highest BCUT2D eigenvalue weighted by molar-refractivity contribution is 5.17. The molecule has 0 bridgehead atoms. The second kappa shape index (κ2) is 4.07. The molecule has 0 aliphatic heterocycles. The molecule has 0 fully saturated rings. The molecule has 90 valence electrons. The first-order valence-electron chi connectivity index (χ1n) is 5.16. The lowest BCUT2D eigenvalue weighted by Crippen LogP contribution is -2.18. The van der Waals surface area contributed by atoms with Crippen molar-refractivity contribution < 1.29 is 13.2 Å². The Morgan fingerprint density at radius 2 is 1.69 bits per heavy atom. The lowest BCUT2D eigenvalue weighted by atomic mass is 9.80. The smallest absolute Gasteiger partial charge is 0.248 e. The van der Waals surface area contributed by atoms with Gasteiger partial charge in [0, 0.05) is 11.6 Å². The molecule has 1 heterocycles. The molecule has 0 N–H and O–H groups in total. The molecule has 0 spiro atoms. The van der Waals surface area contributed by atoms with Gasteiger partial charge >= 0.3 is 6.18 Å². The molecule has 1 rings (SSSR count). The minimum absolute atomic E-state index is 0.0187. The van der Waals surface area contributed by atoms with Gasteiger partial charge in [0.15, 0.2) is 0 Å². The lowest BCUT2D eigenvalue weighted by Gasteiger charge is -2.27. The molecular formula is C12H16F3N. The second-order valence-electron chi connectivity index (χ2n) is 5.03. The van der Waals surface area contributed by atoms with Crippen LogP contribution in [-0.4, -0.2) is 4.98 Å². The Bertz CT molecular complexity index is 363. The van der Waals surface area contributed by atoms with Crippen molar-refractivity contribution in [1.82, 2.24) is 4.98 Å². The molecule has 1 unspecified atom stereocenters. The number of rotatable bonds is 1. The topological polar surface area (TPSA) is 12.9 Å². The summed E-state index contributed by atoms with van der Waals surface area (Å²) in [6.45, 7) is 7.85. The van der Waals surface area contributed by atoms with Crippen LogP contribution in [0.3, 0.4) is 0 Å². The van der Waals surface area contributed by atoms with Crippen LogP contribution < -0.4 is 0 Å². The van der Waals surface area contributed by atoms with Crippen molar-refractivity contribution in [1.29, 1.82) is 0 Å². The summed E-state index contributed by atoms with van der Waals surface area (Å²) in [5.41, 5.74) is -0.430. The van der Waals surface area contributed by atoms with Crippen LogP contribution in [0, 0.1) is 5.41 Å². The fourth-order valence-corrected chi connectivity index (χ4v) is 1.29. The van der Waals surface area contributed by atoms with Crippen LogP contribution in [0.15, 0.2) is 18.2 Å². The largest absolute Gasteiger partial charge is 0.433 e.